The van der Waals surface area contributed by atoms with E-state index in [9.17, 15) is 0 Å². The van der Waals surface area contributed by atoms with Gasteiger partial charge in [-0.2, -0.15) is 0 Å². The van der Waals surface area contributed by atoms with Crippen LogP contribution < -0.4 is 0 Å². The molecular formula is C47H29N3O. The van der Waals surface area contributed by atoms with Crippen LogP contribution >= 0.6 is 0 Å². The Balaban J connectivity index is 1.10. The molecule has 10 aromatic rings. The van der Waals surface area contributed by atoms with E-state index in [2.05, 4.69) is 140 Å². The van der Waals surface area contributed by atoms with Crippen molar-refractivity contribution in [3.05, 3.63) is 176 Å². The minimum atomic E-state index is 0.687. The van der Waals surface area contributed by atoms with Crippen LogP contribution in [0.1, 0.15) is 0 Å². The lowest BCUT2D eigenvalue weighted by Crippen LogP contribution is -1.96. The van der Waals surface area contributed by atoms with Gasteiger partial charge < -0.3 is 4.42 Å². The van der Waals surface area contributed by atoms with Gasteiger partial charge in [-0.25, -0.2) is 15.0 Å². The van der Waals surface area contributed by atoms with E-state index in [1.165, 1.54) is 21.9 Å². The first-order valence-electron chi connectivity index (χ1n) is 17.1. The Bertz CT molecular complexity index is 2880. The first-order valence-corrected chi connectivity index (χ1v) is 17.1. The van der Waals surface area contributed by atoms with Crippen LogP contribution in [0.15, 0.2) is 180 Å². The van der Waals surface area contributed by atoms with Crippen LogP contribution in [0.4, 0.5) is 0 Å². The van der Waals surface area contributed by atoms with Gasteiger partial charge in [0, 0.05) is 38.4 Å². The predicted molar refractivity (Wildman–Crippen MR) is 209 cm³/mol. The minimum Gasteiger partial charge on any atom is -0.454 e. The summed E-state index contributed by atoms with van der Waals surface area (Å²) in [5.41, 5.74) is 11.5. The van der Waals surface area contributed by atoms with E-state index < -0.39 is 0 Å². The topological polar surface area (TPSA) is 51.8 Å². The highest BCUT2D eigenvalue weighted by Crippen LogP contribution is 2.42. The number of aromatic nitrogens is 3. The number of fused-ring (bicyclic) bond motifs is 7. The standard InChI is InChI=1S/C47H29N3O/c1-3-11-30(12-4-1)31-19-21-33(22-20-31)40-29-41(50-47(49-40)36-14-5-2-6-15-36)34-23-25-35(26-24-34)45-46-44(38-17-9-10-18-42(38)51-46)43-37-16-8-7-13-32(37)27-28-39(43)48-45/h1-29H. The third-order valence-electron chi connectivity index (χ3n) is 9.70. The molecule has 0 aliphatic carbocycles. The van der Waals surface area contributed by atoms with Crippen LogP contribution in [0.5, 0.6) is 0 Å². The fourth-order valence-corrected chi connectivity index (χ4v) is 7.17. The van der Waals surface area contributed by atoms with Crippen LogP contribution in [-0.2, 0) is 0 Å². The molecular weight excluding hydrogens is 623 g/mol. The second-order valence-corrected chi connectivity index (χ2v) is 12.8. The van der Waals surface area contributed by atoms with E-state index in [-0.39, 0.29) is 0 Å². The maximum Gasteiger partial charge on any atom is 0.162 e. The second kappa shape index (κ2) is 11.9. The number of pyridine rings is 1. The zero-order valence-electron chi connectivity index (χ0n) is 27.5. The molecule has 0 fully saturated rings. The molecule has 4 heteroatoms. The summed E-state index contributed by atoms with van der Waals surface area (Å²) >= 11 is 0. The Morgan fingerprint density at radius 3 is 1.63 bits per heavy atom. The lowest BCUT2D eigenvalue weighted by atomic mass is 9.98. The lowest BCUT2D eigenvalue weighted by molar-refractivity contribution is 0.669. The zero-order chi connectivity index (χ0) is 33.7. The number of hydrogen-bond donors (Lipinski definition) is 0. The summed E-state index contributed by atoms with van der Waals surface area (Å²) in [5.74, 6) is 0.687. The van der Waals surface area contributed by atoms with Crippen LogP contribution in [0.25, 0.3) is 99.9 Å². The summed E-state index contributed by atoms with van der Waals surface area (Å²) < 4.78 is 6.59. The molecule has 0 N–H and O–H groups in total. The van der Waals surface area contributed by atoms with Crippen molar-refractivity contribution >= 4 is 43.6 Å². The molecule has 238 valence electrons. The van der Waals surface area contributed by atoms with Gasteiger partial charge in [0.25, 0.3) is 0 Å². The van der Waals surface area contributed by atoms with Gasteiger partial charge in [0.1, 0.15) is 11.3 Å². The number of benzene rings is 7. The van der Waals surface area contributed by atoms with Crippen molar-refractivity contribution in [2.24, 2.45) is 0 Å². The SMILES string of the molecule is c1ccc(-c2ccc(-c3cc(-c4ccc(-c5nc6ccc7ccccc7c6c6c5oc5ccccc56)cc4)nc(-c4ccccc4)n3)cc2)cc1. The van der Waals surface area contributed by atoms with Crippen molar-refractivity contribution in [1.29, 1.82) is 0 Å². The van der Waals surface area contributed by atoms with Gasteiger partial charge in [0.15, 0.2) is 11.4 Å². The molecule has 0 atom stereocenters. The van der Waals surface area contributed by atoms with Crippen molar-refractivity contribution in [2.75, 3.05) is 0 Å². The average Bonchev–Trinajstić information content (AvgIpc) is 3.61. The molecule has 0 saturated carbocycles. The average molecular weight is 652 g/mol. The highest BCUT2D eigenvalue weighted by atomic mass is 16.3. The zero-order valence-corrected chi connectivity index (χ0v) is 27.5. The van der Waals surface area contributed by atoms with Gasteiger partial charge in [-0.15, -0.1) is 0 Å². The molecule has 0 radical (unpaired) electrons. The van der Waals surface area contributed by atoms with Gasteiger partial charge in [0.05, 0.1) is 16.9 Å². The first-order chi connectivity index (χ1) is 25.3. The molecule has 0 spiro atoms. The van der Waals surface area contributed by atoms with Crippen molar-refractivity contribution in [2.45, 2.75) is 0 Å². The highest BCUT2D eigenvalue weighted by molar-refractivity contribution is 6.27. The summed E-state index contributed by atoms with van der Waals surface area (Å²) in [6.45, 7) is 0. The molecule has 51 heavy (non-hydrogen) atoms. The van der Waals surface area contributed by atoms with Gasteiger partial charge in [-0.1, -0.05) is 158 Å². The third kappa shape index (κ3) is 5.04. The van der Waals surface area contributed by atoms with Crippen LogP contribution in [0.2, 0.25) is 0 Å². The molecule has 0 amide bonds. The number of para-hydroxylation sites is 1. The molecule has 0 unspecified atom stereocenters. The van der Waals surface area contributed by atoms with Crippen molar-refractivity contribution < 1.29 is 4.42 Å². The summed E-state index contributed by atoms with van der Waals surface area (Å²) in [4.78, 5) is 15.3. The summed E-state index contributed by atoms with van der Waals surface area (Å²) in [5, 5.41) is 5.66. The quantitative estimate of drug-likeness (QED) is 0.174. The van der Waals surface area contributed by atoms with E-state index >= 15 is 0 Å². The second-order valence-electron chi connectivity index (χ2n) is 12.8. The lowest BCUT2D eigenvalue weighted by Gasteiger charge is -2.11. The molecule has 0 bridgehead atoms. The summed E-state index contributed by atoms with van der Waals surface area (Å²) in [6, 6.07) is 60.8. The molecule has 0 aliphatic rings. The Hall–Kier alpha value is -6.91. The number of nitrogens with zero attached hydrogens (tertiary/aromatic N) is 3. The molecule has 10 rings (SSSR count). The Kier molecular flexibility index (Phi) is 6.78. The molecule has 0 saturated heterocycles. The van der Waals surface area contributed by atoms with E-state index in [0.29, 0.717) is 5.82 Å². The van der Waals surface area contributed by atoms with Gasteiger partial charge in [-0.05, 0) is 40.1 Å². The van der Waals surface area contributed by atoms with Crippen molar-refractivity contribution in [1.82, 2.24) is 15.0 Å². The molecule has 7 aromatic carbocycles. The van der Waals surface area contributed by atoms with Crippen LogP contribution in [0.3, 0.4) is 0 Å². The van der Waals surface area contributed by atoms with E-state index in [1.54, 1.807) is 0 Å². The molecule has 3 aromatic heterocycles. The van der Waals surface area contributed by atoms with E-state index in [0.717, 1.165) is 72.2 Å². The predicted octanol–water partition coefficient (Wildman–Crippen LogP) is 12.4. The van der Waals surface area contributed by atoms with Gasteiger partial charge in [0.2, 0.25) is 0 Å². The van der Waals surface area contributed by atoms with Crippen LogP contribution in [-0.4, -0.2) is 15.0 Å². The third-order valence-corrected chi connectivity index (χ3v) is 9.70. The summed E-state index contributed by atoms with van der Waals surface area (Å²) in [7, 11) is 0. The minimum absolute atomic E-state index is 0.687. The number of rotatable bonds is 5. The first kappa shape index (κ1) is 29.0. The van der Waals surface area contributed by atoms with Gasteiger partial charge in [-0.3, -0.25) is 0 Å². The van der Waals surface area contributed by atoms with Crippen LogP contribution in [0, 0.1) is 0 Å². The number of furan rings is 1. The Labute approximate surface area is 294 Å². The Morgan fingerprint density at radius 2 is 0.922 bits per heavy atom. The number of hydrogen-bond acceptors (Lipinski definition) is 4. The van der Waals surface area contributed by atoms with Crippen molar-refractivity contribution in [3.63, 3.8) is 0 Å². The molecule has 4 nitrogen and oxygen atoms in total. The maximum atomic E-state index is 6.59. The molecule has 0 aliphatic heterocycles. The smallest absolute Gasteiger partial charge is 0.162 e. The summed E-state index contributed by atoms with van der Waals surface area (Å²) in [6.07, 6.45) is 0. The Morgan fingerprint density at radius 1 is 0.373 bits per heavy atom. The highest BCUT2D eigenvalue weighted by Gasteiger charge is 2.19. The van der Waals surface area contributed by atoms with Gasteiger partial charge >= 0.3 is 0 Å². The van der Waals surface area contributed by atoms with E-state index in [1.807, 2.05) is 36.4 Å². The van der Waals surface area contributed by atoms with Crippen molar-refractivity contribution in [3.8, 4) is 56.3 Å². The monoisotopic (exact) mass is 651 g/mol. The maximum absolute atomic E-state index is 6.59. The largest absolute Gasteiger partial charge is 0.454 e. The molecule has 3 heterocycles. The fraction of sp³-hybridized carbons (Fsp3) is 0. The normalized spacial score (nSPS) is 11.5. The van der Waals surface area contributed by atoms with E-state index in [4.69, 9.17) is 19.4 Å². The fourth-order valence-electron chi connectivity index (χ4n) is 7.17.